The van der Waals surface area contributed by atoms with E-state index in [1.807, 2.05) is 0 Å². The van der Waals surface area contributed by atoms with E-state index in [0.717, 1.165) is 6.08 Å². The van der Waals surface area contributed by atoms with Gasteiger partial charge in [0, 0.05) is 17.9 Å². The Morgan fingerprint density at radius 3 is 2.40 bits per heavy atom. The third kappa shape index (κ3) is 2.58. The highest BCUT2D eigenvalue weighted by Gasteiger charge is 2.38. The van der Waals surface area contributed by atoms with Gasteiger partial charge in [0.1, 0.15) is 11.4 Å². The Morgan fingerprint density at radius 2 is 1.87 bits per heavy atom. The molecule has 0 fully saturated rings. The maximum atomic E-state index is 11.5. The molecule has 1 rings (SSSR count). The van der Waals surface area contributed by atoms with Gasteiger partial charge in [0.25, 0.3) is 0 Å². The number of carbonyl (C=O) groups is 1. The average Bonchev–Trinajstić information content (AvgIpc) is 1.99. The second-order valence-corrected chi connectivity index (χ2v) is 5.11. The summed E-state index contributed by atoms with van der Waals surface area (Å²) < 4.78 is 0. The zero-order valence-electron chi connectivity index (χ0n) is 9.32. The lowest BCUT2D eigenvalue weighted by Gasteiger charge is -2.33. The molecule has 15 heavy (non-hydrogen) atoms. The van der Waals surface area contributed by atoms with Gasteiger partial charge >= 0.3 is 0 Å². The zero-order valence-corrected chi connectivity index (χ0v) is 9.32. The minimum atomic E-state index is -1.59. The molecule has 2 atom stereocenters. The number of hydrogen-bond acceptors (Lipinski definition) is 4. The molecule has 0 aliphatic heterocycles. The Hall–Kier alpha value is -0.870. The summed E-state index contributed by atoms with van der Waals surface area (Å²) in [7, 11) is 0. The number of aliphatic hydroxyl groups excluding tert-OH is 2. The molecule has 4 nitrogen and oxygen atoms in total. The van der Waals surface area contributed by atoms with Crippen molar-refractivity contribution in [2.45, 2.75) is 45.3 Å². The van der Waals surface area contributed by atoms with E-state index in [4.69, 9.17) is 0 Å². The van der Waals surface area contributed by atoms with Crippen molar-refractivity contribution >= 4 is 5.78 Å². The first kappa shape index (κ1) is 12.2. The number of rotatable bonds is 0. The van der Waals surface area contributed by atoms with E-state index < -0.39 is 22.9 Å². The van der Waals surface area contributed by atoms with Crippen LogP contribution in [0.4, 0.5) is 0 Å². The second-order valence-electron chi connectivity index (χ2n) is 5.11. The van der Waals surface area contributed by atoms with E-state index in [1.165, 1.54) is 6.92 Å². The minimum absolute atomic E-state index is 0.000949. The highest BCUT2D eigenvalue weighted by Crippen LogP contribution is 2.34. The number of ketones is 1. The summed E-state index contributed by atoms with van der Waals surface area (Å²) in [6.07, 6.45) is 0.582. The largest absolute Gasteiger partial charge is 0.512 e. The predicted octanol–water partition coefficient (Wildman–Crippen LogP) is 0.929. The molecule has 0 unspecified atom stereocenters. The molecule has 3 N–H and O–H groups in total. The van der Waals surface area contributed by atoms with Crippen LogP contribution in [0.2, 0.25) is 0 Å². The van der Waals surface area contributed by atoms with Crippen LogP contribution in [0.15, 0.2) is 11.8 Å². The molecule has 0 aromatic rings. The van der Waals surface area contributed by atoms with E-state index in [9.17, 15) is 20.1 Å². The van der Waals surface area contributed by atoms with Crippen LogP contribution in [0.25, 0.3) is 0 Å². The normalized spacial score (nSPS) is 40.2. The SMILES string of the molecule is CC1(C)C[C@@H](O)C[C@@](C)(O)C(=O)/C=C\1O. The summed E-state index contributed by atoms with van der Waals surface area (Å²) in [6, 6.07) is 0. The summed E-state index contributed by atoms with van der Waals surface area (Å²) in [5.74, 6) is -0.654. The van der Waals surface area contributed by atoms with Gasteiger partial charge in [-0.1, -0.05) is 13.8 Å². The van der Waals surface area contributed by atoms with Crippen molar-refractivity contribution in [2.75, 3.05) is 0 Å². The Morgan fingerprint density at radius 1 is 1.33 bits per heavy atom. The van der Waals surface area contributed by atoms with Crippen LogP contribution in [0.1, 0.15) is 33.6 Å². The summed E-state index contributed by atoms with van der Waals surface area (Å²) in [4.78, 5) is 11.5. The summed E-state index contributed by atoms with van der Waals surface area (Å²) in [5, 5.41) is 29.1. The number of aliphatic hydroxyl groups is 3. The fourth-order valence-electron chi connectivity index (χ4n) is 1.80. The average molecular weight is 214 g/mol. The molecule has 0 aromatic heterocycles. The maximum absolute atomic E-state index is 11.5. The van der Waals surface area contributed by atoms with E-state index in [-0.39, 0.29) is 12.2 Å². The van der Waals surface area contributed by atoms with E-state index in [0.29, 0.717) is 6.42 Å². The van der Waals surface area contributed by atoms with Crippen molar-refractivity contribution in [3.05, 3.63) is 11.8 Å². The number of allylic oxidation sites excluding steroid dienone is 1. The number of hydrogen-bond donors (Lipinski definition) is 3. The maximum Gasteiger partial charge on any atom is 0.190 e. The van der Waals surface area contributed by atoms with Gasteiger partial charge < -0.3 is 15.3 Å². The van der Waals surface area contributed by atoms with Crippen LogP contribution >= 0.6 is 0 Å². The summed E-state index contributed by atoms with van der Waals surface area (Å²) >= 11 is 0. The first-order chi connectivity index (χ1) is 6.65. The van der Waals surface area contributed by atoms with Crippen LogP contribution in [0.3, 0.4) is 0 Å². The molecule has 1 aliphatic rings. The van der Waals surface area contributed by atoms with Crippen molar-refractivity contribution in [1.82, 2.24) is 0 Å². The lowest BCUT2D eigenvalue weighted by Crippen LogP contribution is -2.41. The van der Waals surface area contributed by atoms with Gasteiger partial charge in [-0.15, -0.1) is 0 Å². The summed E-state index contributed by atoms with van der Waals surface area (Å²) in [6.45, 7) is 4.84. The Kier molecular flexibility index (Phi) is 2.94. The fraction of sp³-hybridized carbons (Fsp3) is 0.727. The van der Waals surface area contributed by atoms with E-state index in [1.54, 1.807) is 13.8 Å². The van der Waals surface area contributed by atoms with Gasteiger partial charge in [0.05, 0.1) is 6.10 Å². The molecular weight excluding hydrogens is 196 g/mol. The third-order valence-electron chi connectivity index (χ3n) is 2.87. The third-order valence-corrected chi connectivity index (χ3v) is 2.87. The topological polar surface area (TPSA) is 77.8 Å². The Bertz CT molecular complexity index is 302. The second kappa shape index (κ2) is 3.61. The van der Waals surface area contributed by atoms with Crippen molar-refractivity contribution < 1.29 is 20.1 Å². The highest BCUT2D eigenvalue weighted by molar-refractivity contribution is 5.97. The molecule has 0 radical (unpaired) electrons. The standard InChI is InChI=1S/C11H18O4/c1-10(2)5-7(12)6-11(3,15)9(14)4-8(10)13/h4,7,12-13,15H,5-6H2,1-3H3/b8-4+/t7-,11-/m1/s1. The van der Waals surface area contributed by atoms with Gasteiger partial charge in [-0.2, -0.15) is 0 Å². The van der Waals surface area contributed by atoms with Gasteiger partial charge in [-0.3, -0.25) is 4.79 Å². The molecule has 1 aliphatic carbocycles. The lowest BCUT2D eigenvalue weighted by atomic mass is 9.77. The molecule has 0 bridgehead atoms. The quantitative estimate of drug-likeness (QED) is 0.560. The smallest absolute Gasteiger partial charge is 0.190 e. The van der Waals surface area contributed by atoms with Crippen molar-refractivity contribution in [1.29, 1.82) is 0 Å². The molecule has 4 heteroatoms. The molecular formula is C11H18O4. The molecule has 0 saturated carbocycles. The molecule has 86 valence electrons. The van der Waals surface area contributed by atoms with Gasteiger partial charge in [0.2, 0.25) is 0 Å². The molecule has 0 amide bonds. The minimum Gasteiger partial charge on any atom is -0.512 e. The van der Waals surface area contributed by atoms with Crippen molar-refractivity contribution in [3.63, 3.8) is 0 Å². The van der Waals surface area contributed by atoms with Crippen LogP contribution in [0.5, 0.6) is 0 Å². The van der Waals surface area contributed by atoms with Crippen LogP contribution in [-0.4, -0.2) is 32.8 Å². The molecule has 0 saturated heterocycles. The monoisotopic (exact) mass is 214 g/mol. The molecule has 0 aromatic carbocycles. The zero-order chi connectivity index (χ0) is 11.9. The van der Waals surface area contributed by atoms with Gasteiger partial charge in [-0.25, -0.2) is 0 Å². The van der Waals surface area contributed by atoms with E-state index >= 15 is 0 Å². The first-order valence-corrected chi connectivity index (χ1v) is 5.01. The first-order valence-electron chi connectivity index (χ1n) is 5.01. The Balaban J connectivity index is 3.10. The summed E-state index contributed by atoms with van der Waals surface area (Å²) in [5.41, 5.74) is -2.23. The fourth-order valence-corrected chi connectivity index (χ4v) is 1.80. The van der Waals surface area contributed by atoms with Gasteiger partial charge in [-0.05, 0) is 13.3 Å². The van der Waals surface area contributed by atoms with E-state index in [2.05, 4.69) is 0 Å². The van der Waals surface area contributed by atoms with Crippen LogP contribution in [0, 0.1) is 5.41 Å². The van der Waals surface area contributed by atoms with Gasteiger partial charge in [0.15, 0.2) is 5.78 Å². The van der Waals surface area contributed by atoms with Crippen LogP contribution < -0.4 is 0 Å². The highest BCUT2D eigenvalue weighted by atomic mass is 16.3. The molecule has 0 spiro atoms. The Labute approximate surface area is 89.2 Å². The number of carbonyl (C=O) groups excluding carboxylic acids is 1. The van der Waals surface area contributed by atoms with Crippen molar-refractivity contribution in [3.8, 4) is 0 Å². The predicted molar refractivity (Wildman–Crippen MR) is 55.4 cm³/mol. The van der Waals surface area contributed by atoms with Crippen LogP contribution in [-0.2, 0) is 4.79 Å². The van der Waals surface area contributed by atoms with Crippen molar-refractivity contribution in [2.24, 2.45) is 5.41 Å². The molecule has 0 heterocycles. The lowest BCUT2D eigenvalue weighted by molar-refractivity contribution is -0.135.